The molecule has 6 heteroatoms. The molecule has 1 aliphatic rings. The summed E-state index contributed by atoms with van der Waals surface area (Å²) >= 11 is 0. The summed E-state index contributed by atoms with van der Waals surface area (Å²) in [5, 5.41) is 0. The molecule has 0 bridgehead atoms. The fourth-order valence-electron chi connectivity index (χ4n) is 3.51. The standard InChI is InChI=1S/C22H26N2O4/c1-14-7-6-8-20(15(14)2)24-10-9-23(16(3)21(24)25)22(26)17-11-18(27-4)13-19(12-17)28-5/h6-8,11-13,16H,9-10H2,1-5H3. The maximum atomic E-state index is 13.1. The maximum absolute atomic E-state index is 13.1. The van der Waals surface area contributed by atoms with Gasteiger partial charge >= 0.3 is 0 Å². The predicted octanol–water partition coefficient (Wildman–Crippen LogP) is 3.20. The van der Waals surface area contributed by atoms with Gasteiger partial charge in [0.2, 0.25) is 5.91 Å². The summed E-state index contributed by atoms with van der Waals surface area (Å²) in [6.07, 6.45) is 0. The molecule has 148 valence electrons. The van der Waals surface area contributed by atoms with Crippen LogP contribution in [0.5, 0.6) is 11.5 Å². The zero-order valence-electron chi connectivity index (χ0n) is 17.0. The van der Waals surface area contributed by atoms with E-state index in [4.69, 9.17) is 9.47 Å². The highest BCUT2D eigenvalue weighted by atomic mass is 16.5. The molecule has 0 saturated carbocycles. The van der Waals surface area contributed by atoms with E-state index >= 15 is 0 Å². The number of hydrogen-bond acceptors (Lipinski definition) is 4. The number of ether oxygens (including phenoxy) is 2. The van der Waals surface area contributed by atoms with E-state index in [0.717, 1.165) is 16.8 Å². The smallest absolute Gasteiger partial charge is 0.254 e. The van der Waals surface area contributed by atoms with Gasteiger partial charge in [-0.15, -0.1) is 0 Å². The van der Waals surface area contributed by atoms with Crippen molar-refractivity contribution in [3.05, 3.63) is 53.1 Å². The minimum Gasteiger partial charge on any atom is -0.497 e. The third-order valence-corrected chi connectivity index (χ3v) is 5.38. The van der Waals surface area contributed by atoms with Crippen molar-refractivity contribution < 1.29 is 19.1 Å². The second-order valence-electron chi connectivity index (χ2n) is 6.98. The first-order valence-electron chi connectivity index (χ1n) is 9.29. The van der Waals surface area contributed by atoms with Crippen LogP contribution in [-0.2, 0) is 4.79 Å². The Hall–Kier alpha value is -3.02. The van der Waals surface area contributed by atoms with Crippen molar-refractivity contribution in [3.63, 3.8) is 0 Å². The number of methoxy groups -OCH3 is 2. The van der Waals surface area contributed by atoms with Crippen molar-refractivity contribution in [3.8, 4) is 11.5 Å². The molecule has 1 fully saturated rings. The van der Waals surface area contributed by atoms with E-state index in [9.17, 15) is 9.59 Å². The minimum absolute atomic E-state index is 0.0804. The predicted molar refractivity (Wildman–Crippen MR) is 108 cm³/mol. The molecule has 0 spiro atoms. The van der Waals surface area contributed by atoms with Crippen molar-refractivity contribution in [2.75, 3.05) is 32.2 Å². The average molecular weight is 382 g/mol. The Bertz CT molecular complexity index is 887. The topological polar surface area (TPSA) is 59.1 Å². The van der Waals surface area contributed by atoms with Gasteiger partial charge < -0.3 is 19.3 Å². The van der Waals surface area contributed by atoms with Gasteiger partial charge in [0, 0.05) is 30.4 Å². The van der Waals surface area contributed by atoms with Gasteiger partial charge in [0.25, 0.3) is 5.91 Å². The number of aryl methyl sites for hydroxylation is 1. The quantitative estimate of drug-likeness (QED) is 0.815. The molecule has 0 N–H and O–H groups in total. The molecule has 2 aromatic rings. The van der Waals surface area contributed by atoms with Crippen LogP contribution in [0.1, 0.15) is 28.4 Å². The molecule has 1 aliphatic heterocycles. The van der Waals surface area contributed by atoms with Gasteiger partial charge in [-0.1, -0.05) is 12.1 Å². The Morgan fingerprint density at radius 2 is 1.68 bits per heavy atom. The summed E-state index contributed by atoms with van der Waals surface area (Å²) in [6, 6.07) is 10.4. The number of hydrogen-bond donors (Lipinski definition) is 0. The zero-order chi connectivity index (χ0) is 20.4. The summed E-state index contributed by atoms with van der Waals surface area (Å²) in [5.74, 6) is 0.785. The third-order valence-electron chi connectivity index (χ3n) is 5.38. The molecule has 3 rings (SSSR count). The fourth-order valence-corrected chi connectivity index (χ4v) is 3.51. The van der Waals surface area contributed by atoms with Crippen LogP contribution < -0.4 is 14.4 Å². The van der Waals surface area contributed by atoms with E-state index in [1.807, 2.05) is 32.0 Å². The second-order valence-corrected chi connectivity index (χ2v) is 6.98. The van der Waals surface area contributed by atoms with Crippen molar-refractivity contribution >= 4 is 17.5 Å². The number of rotatable bonds is 4. The molecule has 1 unspecified atom stereocenters. The normalized spacial score (nSPS) is 16.9. The van der Waals surface area contributed by atoms with Crippen LogP contribution in [0, 0.1) is 13.8 Å². The molecular weight excluding hydrogens is 356 g/mol. The van der Waals surface area contributed by atoms with E-state index in [-0.39, 0.29) is 11.8 Å². The molecule has 0 radical (unpaired) electrons. The molecule has 1 atom stereocenters. The Morgan fingerprint density at radius 3 is 2.29 bits per heavy atom. The number of piperazine rings is 1. The van der Waals surface area contributed by atoms with Gasteiger partial charge in [0.1, 0.15) is 17.5 Å². The number of benzene rings is 2. The van der Waals surface area contributed by atoms with Crippen LogP contribution in [0.15, 0.2) is 36.4 Å². The third kappa shape index (κ3) is 3.54. The molecule has 28 heavy (non-hydrogen) atoms. The molecule has 1 heterocycles. The number of carbonyl (C=O) groups excluding carboxylic acids is 2. The molecule has 6 nitrogen and oxygen atoms in total. The number of nitrogens with zero attached hydrogens (tertiary/aromatic N) is 2. The first kappa shape index (κ1) is 19.7. The molecular formula is C22H26N2O4. The summed E-state index contributed by atoms with van der Waals surface area (Å²) in [5.41, 5.74) is 3.57. The van der Waals surface area contributed by atoms with Gasteiger partial charge in [-0.2, -0.15) is 0 Å². The van der Waals surface area contributed by atoms with Crippen molar-refractivity contribution in [1.29, 1.82) is 0 Å². The largest absolute Gasteiger partial charge is 0.497 e. The number of amides is 2. The molecule has 0 aromatic heterocycles. The first-order valence-corrected chi connectivity index (χ1v) is 9.29. The average Bonchev–Trinajstić information content (AvgIpc) is 2.71. The van der Waals surface area contributed by atoms with Gasteiger partial charge in [-0.3, -0.25) is 9.59 Å². The first-order chi connectivity index (χ1) is 13.4. The number of anilines is 1. The van der Waals surface area contributed by atoms with Crippen LogP contribution >= 0.6 is 0 Å². The Labute approximate surface area is 165 Å². The van der Waals surface area contributed by atoms with Crippen molar-refractivity contribution in [2.45, 2.75) is 26.8 Å². The van der Waals surface area contributed by atoms with Crippen molar-refractivity contribution in [2.24, 2.45) is 0 Å². The lowest BCUT2D eigenvalue weighted by Gasteiger charge is -2.39. The highest BCUT2D eigenvalue weighted by Crippen LogP contribution is 2.28. The maximum Gasteiger partial charge on any atom is 0.254 e. The lowest BCUT2D eigenvalue weighted by atomic mass is 10.0. The highest BCUT2D eigenvalue weighted by molar-refractivity contribution is 6.04. The van der Waals surface area contributed by atoms with Crippen molar-refractivity contribution in [1.82, 2.24) is 4.90 Å². The Kier molecular flexibility index (Phi) is 5.58. The number of carbonyl (C=O) groups is 2. The van der Waals surface area contributed by atoms with E-state index < -0.39 is 6.04 Å². The van der Waals surface area contributed by atoms with E-state index in [0.29, 0.717) is 30.2 Å². The fraction of sp³-hybridized carbons (Fsp3) is 0.364. The van der Waals surface area contributed by atoms with E-state index in [1.165, 1.54) is 14.2 Å². The zero-order valence-corrected chi connectivity index (χ0v) is 17.0. The van der Waals surface area contributed by atoms with E-state index in [1.54, 1.807) is 34.9 Å². The second kappa shape index (κ2) is 7.92. The summed E-state index contributed by atoms with van der Waals surface area (Å²) in [7, 11) is 3.08. The lowest BCUT2D eigenvalue weighted by molar-refractivity contribution is -0.124. The highest BCUT2D eigenvalue weighted by Gasteiger charge is 2.36. The van der Waals surface area contributed by atoms with Gasteiger partial charge in [0.05, 0.1) is 14.2 Å². The Balaban J connectivity index is 1.86. The summed E-state index contributed by atoms with van der Waals surface area (Å²) < 4.78 is 10.5. The van der Waals surface area contributed by atoms with Crippen LogP contribution in [0.2, 0.25) is 0 Å². The van der Waals surface area contributed by atoms with Crippen LogP contribution in [0.25, 0.3) is 0 Å². The van der Waals surface area contributed by atoms with Crippen LogP contribution in [0.4, 0.5) is 5.69 Å². The van der Waals surface area contributed by atoms with Gasteiger partial charge in [-0.25, -0.2) is 0 Å². The SMILES string of the molecule is COc1cc(OC)cc(C(=O)N2CCN(c3cccc(C)c3C)C(=O)C2C)c1. The molecule has 2 amide bonds. The lowest BCUT2D eigenvalue weighted by Crippen LogP contribution is -2.58. The van der Waals surface area contributed by atoms with Crippen LogP contribution in [0.3, 0.4) is 0 Å². The monoisotopic (exact) mass is 382 g/mol. The van der Waals surface area contributed by atoms with Gasteiger partial charge in [-0.05, 0) is 50.1 Å². The summed E-state index contributed by atoms with van der Waals surface area (Å²) in [6.45, 7) is 6.74. The Morgan fingerprint density at radius 1 is 1.04 bits per heavy atom. The summed E-state index contributed by atoms with van der Waals surface area (Å²) in [4.78, 5) is 29.6. The van der Waals surface area contributed by atoms with Gasteiger partial charge in [0.15, 0.2) is 0 Å². The molecule has 2 aromatic carbocycles. The minimum atomic E-state index is -0.557. The van der Waals surface area contributed by atoms with Crippen LogP contribution in [-0.4, -0.2) is 50.1 Å². The molecule has 0 aliphatic carbocycles. The van der Waals surface area contributed by atoms with E-state index in [2.05, 4.69) is 0 Å². The molecule has 1 saturated heterocycles.